The number of piperidine rings is 1. The molecule has 0 N–H and O–H groups in total. The molecule has 0 radical (unpaired) electrons. The Kier molecular flexibility index (Phi) is 2.10. The van der Waals surface area contributed by atoms with E-state index in [2.05, 4.69) is 16.7 Å². The van der Waals surface area contributed by atoms with E-state index in [4.69, 9.17) is 0 Å². The number of rotatable bonds is 1. The van der Waals surface area contributed by atoms with E-state index in [1.165, 1.54) is 58.3 Å². The van der Waals surface area contributed by atoms with Gasteiger partial charge in [0.1, 0.15) is 0 Å². The summed E-state index contributed by atoms with van der Waals surface area (Å²) in [6, 6.07) is 0. The van der Waals surface area contributed by atoms with Gasteiger partial charge in [-0.05, 0) is 38.6 Å². The van der Waals surface area contributed by atoms with Gasteiger partial charge in [0.2, 0.25) is 0 Å². The molecule has 2 atom stereocenters. The van der Waals surface area contributed by atoms with Crippen molar-refractivity contribution in [3.05, 3.63) is 0 Å². The zero-order valence-electron chi connectivity index (χ0n) is 9.34. The molecular weight excluding hydrogens is 172 g/mol. The molecule has 3 rings (SSSR count). The highest BCUT2D eigenvalue weighted by molar-refractivity contribution is 5.08. The molecule has 80 valence electrons. The number of hydrogen-bond acceptors (Lipinski definition) is 2. The number of nitrogens with zero attached hydrogens (tertiary/aromatic N) is 2. The summed E-state index contributed by atoms with van der Waals surface area (Å²) in [6.07, 6.45) is 7.13. The van der Waals surface area contributed by atoms with E-state index in [0.717, 1.165) is 5.92 Å². The Hall–Kier alpha value is -0.0800. The summed E-state index contributed by atoms with van der Waals surface area (Å²) in [7, 11) is 0. The molecule has 0 saturated carbocycles. The lowest BCUT2D eigenvalue weighted by molar-refractivity contribution is -0.223. The van der Waals surface area contributed by atoms with Crippen molar-refractivity contribution in [2.45, 2.75) is 44.7 Å². The molecule has 0 bridgehead atoms. The second-order valence-electron chi connectivity index (χ2n) is 5.23. The summed E-state index contributed by atoms with van der Waals surface area (Å²) in [5.41, 5.74) is 0.547. The van der Waals surface area contributed by atoms with Crippen molar-refractivity contribution >= 4 is 0 Å². The average Bonchev–Trinajstić information content (AvgIpc) is 2.22. The van der Waals surface area contributed by atoms with Crippen molar-refractivity contribution in [2.75, 3.05) is 26.2 Å². The largest absolute Gasteiger partial charge is 0.285 e. The molecule has 3 saturated heterocycles. The van der Waals surface area contributed by atoms with E-state index in [9.17, 15) is 0 Å². The van der Waals surface area contributed by atoms with Gasteiger partial charge in [-0.3, -0.25) is 9.80 Å². The monoisotopic (exact) mass is 194 g/mol. The first-order valence-electron chi connectivity index (χ1n) is 6.38. The highest BCUT2D eigenvalue weighted by Gasteiger charge is 2.57. The third kappa shape index (κ3) is 0.989. The number of hydrogen-bond donors (Lipinski definition) is 0. The molecule has 2 unspecified atom stereocenters. The maximum Gasteiger partial charge on any atom is 0.0779 e. The molecule has 3 fully saturated rings. The van der Waals surface area contributed by atoms with Gasteiger partial charge < -0.3 is 0 Å². The van der Waals surface area contributed by atoms with Crippen LogP contribution in [0.25, 0.3) is 0 Å². The van der Waals surface area contributed by atoms with Crippen LogP contribution in [0.1, 0.15) is 39.0 Å². The summed E-state index contributed by atoms with van der Waals surface area (Å²) < 4.78 is 0. The smallest absolute Gasteiger partial charge is 0.0779 e. The standard InChI is InChI=1S/C12H22N2/c1-2-11-10-14-9-5-8-13-7-4-3-6-12(11,13)14/h11H,2-10H2,1H3. The Balaban J connectivity index is 1.87. The molecular formula is C12H22N2. The molecule has 0 aromatic carbocycles. The average molecular weight is 194 g/mol. The zero-order chi connectivity index (χ0) is 9.60. The summed E-state index contributed by atoms with van der Waals surface area (Å²) in [6.45, 7) is 7.86. The Morgan fingerprint density at radius 2 is 1.86 bits per heavy atom. The summed E-state index contributed by atoms with van der Waals surface area (Å²) in [4.78, 5) is 5.57. The SMILES string of the molecule is CCC1CN2CCCN3CCCCC132. The van der Waals surface area contributed by atoms with Crippen LogP contribution in [0.4, 0.5) is 0 Å². The van der Waals surface area contributed by atoms with E-state index in [0.29, 0.717) is 5.66 Å². The summed E-state index contributed by atoms with van der Waals surface area (Å²) >= 11 is 0. The van der Waals surface area contributed by atoms with Crippen molar-refractivity contribution < 1.29 is 0 Å². The maximum absolute atomic E-state index is 2.80. The van der Waals surface area contributed by atoms with Crippen LogP contribution < -0.4 is 0 Å². The summed E-state index contributed by atoms with van der Waals surface area (Å²) in [5, 5.41) is 0. The Labute approximate surface area is 87.3 Å². The molecule has 3 aliphatic heterocycles. The molecule has 3 aliphatic rings. The Morgan fingerprint density at radius 3 is 2.71 bits per heavy atom. The lowest BCUT2D eigenvalue weighted by atomic mass is 9.71. The van der Waals surface area contributed by atoms with E-state index in [1.807, 2.05) is 0 Å². The molecule has 14 heavy (non-hydrogen) atoms. The van der Waals surface area contributed by atoms with Gasteiger partial charge in [0.05, 0.1) is 5.66 Å². The van der Waals surface area contributed by atoms with E-state index in [1.54, 1.807) is 0 Å². The Bertz CT molecular complexity index is 220. The predicted molar refractivity (Wildman–Crippen MR) is 58.1 cm³/mol. The fraction of sp³-hybridized carbons (Fsp3) is 1.00. The van der Waals surface area contributed by atoms with Crippen LogP contribution in [0.2, 0.25) is 0 Å². The second-order valence-corrected chi connectivity index (χ2v) is 5.23. The fourth-order valence-corrected chi connectivity index (χ4v) is 4.07. The Morgan fingerprint density at radius 1 is 1.07 bits per heavy atom. The van der Waals surface area contributed by atoms with Crippen LogP contribution in [0.5, 0.6) is 0 Å². The molecule has 0 aromatic rings. The van der Waals surface area contributed by atoms with Crippen LogP contribution in [0.15, 0.2) is 0 Å². The lowest BCUT2D eigenvalue weighted by Crippen LogP contribution is -2.78. The first-order valence-corrected chi connectivity index (χ1v) is 6.38. The van der Waals surface area contributed by atoms with Gasteiger partial charge in [0.25, 0.3) is 0 Å². The van der Waals surface area contributed by atoms with Crippen molar-refractivity contribution in [1.82, 2.24) is 9.80 Å². The van der Waals surface area contributed by atoms with Crippen molar-refractivity contribution in [1.29, 1.82) is 0 Å². The van der Waals surface area contributed by atoms with Crippen molar-refractivity contribution in [3.63, 3.8) is 0 Å². The minimum absolute atomic E-state index is 0.547. The molecule has 0 aromatic heterocycles. The second kappa shape index (κ2) is 3.21. The van der Waals surface area contributed by atoms with Gasteiger partial charge in [-0.25, -0.2) is 0 Å². The molecule has 2 nitrogen and oxygen atoms in total. The molecule has 3 heterocycles. The van der Waals surface area contributed by atoms with Crippen LogP contribution >= 0.6 is 0 Å². The first kappa shape index (κ1) is 9.17. The highest BCUT2D eigenvalue weighted by Crippen LogP contribution is 2.48. The molecule has 1 spiro atoms. The molecule has 0 aliphatic carbocycles. The topological polar surface area (TPSA) is 6.48 Å². The molecule has 0 amide bonds. The normalized spacial score (nSPS) is 43.9. The van der Waals surface area contributed by atoms with Gasteiger partial charge in [-0.2, -0.15) is 0 Å². The highest BCUT2D eigenvalue weighted by atomic mass is 15.5. The van der Waals surface area contributed by atoms with E-state index in [-0.39, 0.29) is 0 Å². The quantitative estimate of drug-likeness (QED) is 0.629. The summed E-state index contributed by atoms with van der Waals surface area (Å²) in [5.74, 6) is 0.975. The van der Waals surface area contributed by atoms with Gasteiger partial charge in [-0.15, -0.1) is 0 Å². The van der Waals surface area contributed by atoms with Gasteiger partial charge in [0.15, 0.2) is 0 Å². The van der Waals surface area contributed by atoms with E-state index >= 15 is 0 Å². The fourth-order valence-electron chi connectivity index (χ4n) is 4.07. The third-order valence-corrected chi connectivity index (χ3v) is 4.76. The van der Waals surface area contributed by atoms with Crippen LogP contribution in [0, 0.1) is 5.92 Å². The third-order valence-electron chi connectivity index (χ3n) is 4.76. The van der Waals surface area contributed by atoms with E-state index < -0.39 is 0 Å². The minimum atomic E-state index is 0.547. The van der Waals surface area contributed by atoms with Crippen LogP contribution in [0.3, 0.4) is 0 Å². The predicted octanol–water partition coefficient (Wildman–Crippen LogP) is 1.91. The zero-order valence-corrected chi connectivity index (χ0v) is 9.34. The maximum atomic E-state index is 2.80. The van der Waals surface area contributed by atoms with Crippen LogP contribution in [-0.2, 0) is 0 Å². The minimum Gasteiger partial charge on any atom is -0.285 e. The van der Waals surface area contributed by atoms with Crippen molar-refractivity contribution in [2.24, 2.45) is 5.92 Å². The van der Waals surface area contributed by atoms with Crippen LogP contribution in [-0.4, -0.2) is 41.6 Å². The van der Waals surface area contributed by atoms with Gasteiger partial charge >= 0.3 is 0 Å². The molecule has 2 heteroatoms. The first-order chi connectivity index (χ1) is 6.88. The van der Waals surface area contributed by atoms with Gasteiger partial charge in [-0.1, -0.05) is 6.92 Å². The van der Waals surface area contributed by atoms with Crippen molar-refractivity contribution in [3.8, 4) is 0 Å². The lowest BCUT2D eigenvalue weighted by Gasteiger charge is -2.68. The van der Waals surface area contributed by atoms with Gasteiger partial charge in [0, 0.05) is 25.6 Å².